The molecule has 1 atom stereocenters. The maximum Gasteiger partial charge on any atom is 0.411 e. The number of amides is 2. The molecule has 118 valence electrons. The lowest BCUT2D eigenvalue weighted by Crippen LogP contribution is -2.26. The molecular formula is C14H15Cl2N3O3. The molecule has 0 radical (unpaired) electrons. The maximum atomic E-state index is 11.8. The highest BCUT2D eigenvalue weighted by Crippen LogP contribution is 2.25. The Balaban J connectivity index is 1.80. The van der Waals surface area contributed by atoms with Crippen molar-refractivity contribution in [2.45, 2.75) is 13.3 Å². The summed E-state index contributed by atoms with van der Waals surface area (Å²) in [4.78, 5) is 23.5. The van der Waals surface area contributed by atoms with E-state index in [0.717, 1.165) is 5.71 Å². The lowest BCUT2D eigenvalue weighted by molar-refractivity contribution is -0.130. The fraction of sp³-hybridized carbons (Fsp3) is 0.357. The van der Waals surface area contributed by atoms with Gasteiger partial charge in [-0.25, -0.2) is 9.80 Å². The third kappa shape index (κ3) is 3.90. The van der Waals surface area contributed by atoms with Gasteiger partial charge in [-0.3, -0.25) is 10.1 Å². The van der Waals surface area contributed by atoms with Gasteiger partial charge in [0.2, 0.25) is 0 Å². The van der Waals surface area contributed by atoms with Crippen LogP contribution in [0.15, 0.2) is 23.3 Å². The average molecular weight is 344 g/mol. The van der Waals surface area contributed by atoms with E-state index in [1.165, 1.54) is 11.1 Å². The number of carbonyl (C=O) groups is 2. The molecule has 0 saturated heterocycles. The van der Waals surface area contributed by atoms with Gasteiger partial charge in [0.15, 0.2) is 0 Å². The summed E-state index contributed by atoms with van der Waals surface area (Å²) < 4.78 is 5.06. The highest BCUT2D eigenvalue weighted by Gasteiger charge is 2.30. The van der Waals surface area contributed by atoms with Crippen LogP contribution < -0.4 is 5.32 Å². The Kier molecular flexibility index (Phi) is 5.26. The summed E-state index contributed by atoms with van der Waals surface area (Å²) in [6.07, 6.45) is -0.223. The van der Waals surface area contributed by atoms with Gasteiger partial charge in [0.05, 0.1) is 22.6 Å². The van der Waals surface area contributed by atoms with Crippen LogP contribution in [0.1, 0.15) is 13.3 Å². The van der Waals surface area contributed by atoms with E-state index in [2.05, 4.69) is 10.4 Å². The predicted octanol–water partition coefficient (Wildman–Crippen LogP) is 3.40. The fourth-order valence-corrected chi connectivity index (χ4v) is 2.39. The maximum absolute atomic E-state index is 11.8. The minimum atomic E-state index is -0.619. The Morgan fingerprint density at radius 2 is 2.14 bits per heavy atom. The van der Waals surface area contributed by atoms with Crippen LogP contribution in [-0.4, -0.2) is 36.4 Å². The third-order valence-electron chi connectivity index (χ3n) is 3.23. The van der Waals surface area contributed by atoms with Crippen LogP contribution >= 0.6 is 23.2 Å². The second-order valence-corrected chi connectivity index (χ2v) is 5.65. The SMILES string of the molecule is CC1=NN(C)C(=O)[C@@H]1CCOC(=O)Nc1ccc(Cl)c(Cl)c1. The number of hydrogen-bond donors (Lipinski definition) is 1. The van der Waals surface area contributed by atoms with Gasteiger partial charge in [-0.15, -0.1) is 0 Å². The summed E-state index contributed by atoms with van der Waals surface area (Å²) >= 11 is 11.6. The van der Waals surface area contributed by atoms with E-state index in [1.54, 1.807) is 26.1 Å². The molecule has 0 bridgehead atoms. The molecule has 8 heteroatoms. The van der Waals surface area contributed by atoms with Gasteiger partial charge in [0.25, 0.3) is 5.91 Å². The first-order chi connectivity index (χ1) is 10.4. The van der Waals surface area contributed by atoms with E-state index in [1.807, 2.05) is 0 Å². The van der Waals surface area contributed by atoms with E-state index >= 15 is 0 Å². The molecule has 1 aromatic rings. The lowest BCUT2D eigenvalue weighted by atomic mass is 10.0. The number of nitrogens with zero attached hydrogens (tertiary/aromatic N) is 2. The van der Waals surface area contributed by atoms with Crippen LogP contribution in [0, 0.1) is 5.92 Å². The van der Waals surface area contributed by atoms with Crippen molar-refractivity contribution >= 4 is 46.6 Å². The molecule has 0 spiro atoms. The van der Waals surface area contributed by atoms with Crippen molar-refractivity contribution in [1.82, 2.24) is 5.01 Å². The molecule has 2 rings (SSSR count). The molecule has 1 N–H and O–H groups in total. The molecule has 0 aliphatic carbocycles. The molecule has 22 heavy (non-hydrogen) atoms. The highest BCUT2D eigenvalue weighted by atomic mass is 35.5. The molecule has 1 aliphatic heterocycles. The second-order valence-electron chi connectivity index (χ2n) is 4.83. The Morgan fingerprint density at radius 1 is 1.41 bits per heavy atom. The topological polar surface area (TPSA) is 71.0 Å². The van der Waals surface area contributed by atoms with Gasteiger partial charge in [0, 0.05) is 18.4 Å². The molecule has 1 aliphatic rings. The zero-order valence-corrected chi connectivity index (χ0v) is 13.6. The third-order valence-corrected chi connectivity index (χ3v) is 3.97. The number of nitrogens with one attached hydrogen (secondary N) is 1. The summed E-state index contributed by atoms with van der Waals surface area (Å²) in [7, 11) is 1.60. The molecule has 0 aromatic heterocycles. The number of benzene rings is 1. The Hall–Kier alpha value is -1.79. The number of ether oxygens (including phenoxy) is 1. The lowest BCUT2D eigenvalue weighted by Gasteiger charge is -2.11. The summed E-state index contributed by atoms with van der Waals surface area (Å²) in [5, 5.41) is 8.63. The molecule has 1 heterocycles. The molecular weight excluding hydrogens is 329 g/mol. The molecule has 2 amide bonds. The second kappa shape index (κ2) is 6.98. The number of hydrogen-bond acceptors (Lipinski definition) is 4. The minimum Gasteiger partial charge on any atom is -0.449 e. The van der Waals surface area contributed by atoms with Gasteiger partial charge in [0.1, 0.15) is 0 Å². The molecule has 0 saturated carbocycles. The van der Waals surface area contributed by atoms with Crippen molar-refractivity contribution in [2.24, 2.45) is 11.0 Å². The van der Waals surface area contributed by atoms with Crippen LogP contribution in [-0.2, 0) is 9.53 Å². The normalized spacial score (nSPS) is 17.5. The quantitative estimate of drug-likeness (QED) is 0.910. The summed E-state index contributed by atoms with van der Waals surface area (Å²) in [5.41, 5.74) is 1.20. The summed E-state index contributed by atoms with van der Waals surface area (Å²) in [6, 6.07) is 4.71. The van der Waals surface area contributed by atoms with Crippen LogP contribution in [0.3, 0.4) is 0 Å². The Bertz CT molecular complexity index is 634. The van der Waals surface area contributed by atoms with Gasteiger partial charge < -0.3 is 4.74 Å². The van der Waals surface area contributed by atoms with Crippen LogP contribution in [0.5, 0.6) is 0 Å². The highest BCUT2D eigenvalue weighted by molar-refractivity contribution is 6.42. The monoisotopic (exact) mass is 343 g/mol. The van der Waals surface area contributed by atoms with Crippen molar-refractivity contribution in [3.05, 3.63) is 28.2 Å². The largest absolute Gasteiger partial charge is 0.449 e. The number of anilines is 1. The predicted molar refractivity (Wildman–Crippen MR) is 85.4 cm³/mol. The number of rotatable bonds is 4. The zero-order chi connectivity index (χ0) is 16.3. The Morgan fingerprint density at radius 3 is 2.73 bits per heavy atom. The first-order valence-corrected chi connectivity index (χ1v) is 7.35. The Labute approximate surface area is 138 Å². The first-order valence-electron chi connectivity index (χ1n) is 6.60. The number of hydrazone groups is 1. The summed E-state index contributed by atoms with van der Waals surface area (Å²) in [6.45, 7) is 1.89. The zero-order valence-electron chi connectivity index (χ0n) is 12.1. The van der Waals surface area contributed by atoms with E-state index in [4.69, 9.17) is 27.9 Å². The summed E-state index contributed by atoms with van der Waals surface area (Å²) in [5.74, 6) is -0.422. The first kappa shape index (κ1) is 16.6. The fourth-order valence-electron chi connectivity index (χ4n) is 2.09. The van der Waals surface area contributed by atoms with Crippen molar-refractivity contribution in [2.75, 3.05) is 19.0 Å². The van der Waals surface area contributed by atoms with Crippen LogP contribution in [0.25, 0.3) is 0 Å². The van der Waals surface area contributed by atoms with Crippen LogP contribution in [0.2, 0.25) is 10.0 Å². The molecule has 0 fully saturated rings. The van der Waals surface area contributed by atoms with E-state index in [-0.39, 0.29) is 18.4 Å². The average Bonchev–Trinajstić information content (AvgIpc) is 2.69. The van der Waals surface area contributed by atoms with Crippen molar-refractivity contribution < 1.29 is 14.3 Å². The van der Waals surface area contributed by atoms with Crippen molar-refractivity contribution in [1.29, 1.82) is 0 Å². The van der Waals surface area contributed by atoms with Gasteiger partial charge in [-0.2, -0.15) is 5.10 Å². The van der Waals surface area contributed by atoms with Crippen molar-refractivity contribution in [3.63, 3.8) is 0 Å². The minimum absolute atomic E-state index is 0.0917. The number of halogens is 2. The molecule has 6 nitrogen and oxygen atoms in total. The van der Waals surface area contributed by atoms with E-state index in [9.17, 15) is 9.59 Å². The molecule has 1 aromatic carbocycles. The van der Waals surface area contributed by atoms with Crippen LogP contribution in [0.4, 0.5) is 10.5 Å². The van der Waals surface area contributed by atoms with E-state index in [0.29, 0.717) is 22.2 Å². The number of carbonyl (C=O) groups excluding carboxylic acids is 2. The molecule has 0 unspecified atom stereocenters. The standard InChI is InChI=1S/C14H15Cl2N3O3/c1-8-10(13(20)19(2)18-8)5-6-22-14(21)17-9-3-4-11(15)12(16)7-9/h3-4,7,10H,5-6H2,1-2H3,(H,17,21)/t10-/m1/s1. The van der Waals surface area contributed by atoms with Gasteiger partial charge in [-0.1, -0.05) is 23.2 Å². The van der Waals surface area contributed by atoms with Gasteiger partial charge in [-0.05, 0) is 31.5 Å². The van der Waals surface area contributed by atoms with Crippen molar-refractivity contribution in [3.8, 4) is 0 Å². The van der Waals surface area contributed by atoms with Gasteiger partial charge >= 0.3 is 6.09 Å². The smallest absolute Gasteiger partial charge is 0.411 e. The van der Waals surface area contributed by atoms with E-state index < -0.39 is 6.09 Å².